The number of aryl methyl sites for hydroxylation is 1. The van der Waals surface area contributed by atoms with Crippen molar-refractivity contribution in [3.8, 4) is 0 Å². The van der Waals surface area contributed by atoms with Gasteiger partial charge in [0.15, 0.2) is 0 Å². The van der Waals surface area contributed by atoms with Crippen molar-refractivity contribution < 1.29 is 27.1 Å². The fourth-order valence-electron chi connectivity index (χ4n) is 2.89. The number of amides is 1. The largest absolute Gasteiger partial charge is 0.444 e. The highest BCUT2D eigenvalue weighted by Gasteiger charge is 2.39. The molecule has 1 aliphatic heterocycles. The van der Waals surface area contributed by atoms with Gasteiger partial charge >= 0.3 is 12.3 Å². The molecule has 1 aliphatic rings. The number of halogens is 4. The van der Waals surface area contributed by atoms with Gasteiger partial charge in [-0.25, -0.2) is 9.18 Å². The van der Waals surface area contributed by atoms with E-state index in [1.54, 1.807) is 20.8 Å². The lowest BCUT2D eigenvalue weighted by Crippen LogP contribution is -2.47. The van der Waals surface area contributed by atoms with Gasteiger partial charge in [0.05, 0.1) is 5.56 Å². The number of carbonyl (C=O) groups excluding carboxylic acids is 1. The number of ether oxygens (including phenoxy) is 1. The molecule has 0 spiro atoms. The molecule has 0 aliphatic carbocycles. The Hall–Kier alpha value is -1.86. The number of pyridine rings is 1. The molecule has 1 fully saturated rings. The molecule has 0 radical (unpaired) electrons. The topological polar surface area (TPSA) is 42.4 Å². The average molecular weight is 376 g/mol. The molecule has 0 aromatic carbocycles. The molecule has 0 atom stereocenters. The number of likely N-dealkylation sites (tertiary alicyclic amines) is 1. The van der Waals surface area contributed by atoms with Gasteiger partial charge in [0.2, 0.25) is 0 Å². The molecule has 0 N–H and O–H groups in total. The Morgan fingerprint density at radius 2 is 1.85 bits per heavy atom. The van der Waals surface area contributed by atoms with Crippen molar-refractivity contribution in [3.63, 3.8) is 0 Å². The molecule has 2 heterocycles. The maximum atomic E-state index is 15.1. The quantitative estimate of drug-likeness (QED) is 0.703. The number of aromatic nitrogens is 1. The Morgan fingerprint density at radius 1 is 1.27 bits per heavy atom. The van der Waals surface area contributed by atoms with E-state index in [0.29, 0.717) is 0 Å². The van der Waals surface area contributed by atoms with Crippen LogP contribution in [-0.2, 0) is 17.3 Å². The molecule has 0 bridgehead atoms. The van der Waals surface area contributed by atoms with Crippen LogP contribution in [0.15, 0.2) is 12.3 Å². The normalized spacial score (nSPS) is 17.9. The summed E-state index contributed by atoms with van der Waals surface area (Å²) in [5, 5.41) is 0. The predicted octanol–water partition coefficient (Wildman–Crippen LogP) is 4.69. The lowest BCUT2D eigenvalue weighted by molar-refractivity contribution is -0.138. The summed E-state index contributed by atoms with van der Waals surface area (Å²) in [6, 6.07) is 0.914. The Balaban J connectivity index is 2.03. The number of piperidine rings is 1. The van der Waals surface area contributed by atoms with E-state index in [4.69, 9.17) is 4.74 Å². The second kappa shape index (κ2) is 7.04. The first-order valence-corrected chi connectivity index (χ1v) is 8.49. The highest BCUT2D eigenvalue weighted by Crippen LogP contribution is 2.34. The molecule has 146 valence electrons. The predicted molar refractivity (Wildman–Crippen MR) is 88.6 cm³/mol. The maximum Gasteiger partial charge on any atom is 0.416 e. The summed E-state index contributed by atoms with van der Waals surface area (Å²) in [7, 11) is 0. The van der Waals surface area contributed by atoms with Gasteiger partial charge in [-0.05, 0) is 52.2 Å². The molecular formula is C18H24F4N2O2. The third kappa shape index (κ3) is 5.32. The van der Waals surface area contributed by atoms with Crippen LogP contribution in [0, 0.1) is 6.92 Å². The van der Waals surface area contributed by atoms with Gasteiger partial charge < -0.3 is 9.64 Å². The Morgan fingerprint density at radius 3 is 2.35 bits per heavy atom. The minimum atomic E-state index is -4.49. The smallest absolute Gasteiger partial charge is 0.416 e. The van der Waals surface area contributed by atoms with Crippen LogP contribution in [0.25, 0.3) is 0 Å². The summed E-state index contributed by atoms with van der Waals surface area (Å²) >= 11 is 0. The first-order valence-electron chi connectivity index (χ1n) is 8.49. The van der Waals surface area contributed by atoms with Gasteiger partial charge in [0, 0.05) is 31.4 Å². The summed E-state index contributed by atoms with van der Waals surface area (Å²) in [6.45, 7) is 6.87. The van der Waals surface area contributed by atoms with Gasteiger partial charge in [-0.3, -0.25) is 4.98 Å². The second-order valence-corrected chi connectivity index (χ2v) is 7.78. The molecule has 1 amide bonds. The summed E-state index contributed by atoms with van der Waals surface area (Å²) < 4.78 is 59.3. The van der Waals surface area contributed by atoms with E-state index in [0.717, 1.165) is 12.3 Å². The highest BCUT2D eigenvalue weighted by molar-refractivity contribution is 5.68. The molecule has 2 rings (SSSR count). The van der Waals surface area contributed by atoms with E-state index in [2.05, 4.69) is 4.98 Å². The number of hydrogen-bond acceptors (Lipinski definition) is 3. The zero-order valence-corrected chi connectivity index (χ0v) is 15.4. The van der Waals surface area contributed by atoms with Crippen LogP contribution < -0.4 is 0 Å². The fourth-order valence-corrected chi connectivity index (χ4v) is 2.89. The van der Waals surface area contributed by atoms with Crippen molar-refractivity contribution >= 4 is 6.09 Å². The van der Waals surface area contributed by atoms with Gasteiger partial charge in [0.1, 0.15) is 11.3 Å². The van der Waals surface area contributed by atoms with Crippen LogP contribution in [0.1, 0.15) is 50.4 Å². The number of rotatable bonds is 2. The zero-order chi connectivity index (χ0) is 19.8. The molecular weight excluding hydrogens is 352 g/mol. The summed E-state index contributed by atoms with van der Waals surface area (Å²) in [4.78, 5) is 17.4. The first-order chi connectivity index (χ1) is 11.8. The standard InChI is InChI=1S/C18H24F4N2O2/c1-12-11-23-13(9-14(12)18(20,21)22)10-17(19)5-7-24(8-6-17)15(25)26-16(2,3)4/h9,11H,5-8,10H2,1-4H3. The Kier molecular flexibility index (Phi) is 5.54. The van der Waals surface area contributed by atoms with Crippen LogP contribution >= 0.6 is 0 Å². The van der Waals surface area contributed by atoms with E-state index >= 15 is 4.39 Å². The number of carbonyl (C=O) groups is 1. The molecule has 0 saturated carbocycles. The van der Waals surface area contributed by atoms with Crippen LogP contribution in [0.4, 0.5) is 22.4 Å². The Bertz CT molecular complexity index is 660. The molecule has 1 aromatic heterocycles. The lowest BCUT2D eigenvalue weighted by Gasteiger charge is -2.37. The zero-order valence-electron chi connectivity index (χ0n) is 15.4. The fraction of sp³-hybridized carbons (Fsp3) is 0.667. The summed E-state index contributed by atoms with van der Waals surface area (Å²) in [5.74, 6) is 0. The minimum Gasteiger partial charge on any atom is -0.444 e. The van der Waals surface area contributed by atoms with Crippen LogP contribution in [0.2, 0.25) is 0 Å². The average Bonchev–Trinajstić information content (AvgIpc) is 2.47. The van der Waals surface area contributed by atoms with E-state index in [9.17, 15) is 18.0 Å². The monoisotopic (exact) mass is 376 g/mol. The van der Waals surface area contributed by atoms with Crippen LogP contribution in [-0.4, -0.2) is 40.3 Å². The van der Waals surface area contributed by atoms with E-state index in [1.807, 2.05) is 0 Å². The summed E-state index contributed by atoms with van der Waals surface area (Å²) in [6.07, 6.45) is -4.03. The molecule has 4 nitrogen and oxygen atoms in total. The maximum absolute atomic E-state index is 15.1. The molecule has 26 heavy (non-hydrogen) atoms. The Labute approximate surface area is 150 Å². The lowest BCUT2D eigenvalue weighted by atomic mass is 9.88. The van der Waals surface area contributed by atoms with Crippen LogP contribution in [0.3, 0.4) is 0 Å². The van der Waals surface area contributed by atoms with E-state index in [1.165, 1.54) is 11.8 Å². The van der Waals surface area contributed by atoms with E-state index in [-0.39, 0.29) is 43.6 Å². The SMILES string of the molecule is Cc1cnc(CC2(F)CCN(C(=O)OC(C)(C)C)CC2)cc1C(F)(F)F. The number of nitrogens with zero attached hydrogens (tertiary/aromatic N) is 2. The molecule has 8 heteroatoms. The van der Waals surface area contributed by atoms with Crippen molar-refractivity contribution in [2.45, 2.75) is 64.4 Å². The minimum absolute atomic E-state index is 0.00824. The van der Waals surface area contributed by atoms with E-state index < -0.39 is 29.1 Å². The van der Waals surface area contributed by atoms with Gasteiger partial charge in [0.25, 0.3) is 0 Å². The van der Waals surface area contributed by atoms with Crippen molar-refractivity contribution in [1.82, 2.24) is 9.88 Å². The first kappa shape index (κ1) is 20.5. The highest BCUT2D eigenvalue weighted by atomic mass is 19.4. The summed E-state index contributed by atoms with van der Waals surface area (Å²) in [5.41, 5.74) is -3.05. The third-order valence-corrected chi connectivity index (χ3v) is 4.27. The van der Waals surface area contributed by atoms with Crippen LogP contribution in [0.5, 0.6) is 0 Å². The van der Waals surface area contributed by atoms with Gasteiger partial charge in [-0.1, -0.05) is 0 Å². The molecule has 1 saturated heterocycles. The number of hydrogen-bond donors (Lipinski definition) is 0. The van der Waals surface area contributed by atoms with Crippen molar-refractivity contribution in [2.75, 3.05) is 13.1 Å². The second-order valence-electron chi connectivity index (χ2n) is 7.78. The van der Waals surface area contributed by atoms with Gasteiger partial charge in [-0.2, -0.15) is 13.2 Å². The van der Waals surface area contributed by atoms with Crippen molar-refractivity contribution in [1.29, 1.82) is 0 Å². The van der Waals surface area contributed by atoms with Crippen molar-refractivity contribution in [3.05, 3.63) is 29.1 Å². The number of alkyl halides is 4. The molecule has 0 unspecified atom stereocenters. The van der Waals surface area contributed by atoms with Crippen molar-refractivity contribution in [2.24, 2.45) is 0 Å². The molecule has 1 aromatic rings. The van der Waals surface area contributed by atoms with Gasteiger partial charge in [-0.15, -0.1) is 0 Å². The third-order valence-electron chi connectivity index (χ3n) is 4.27.